The number of rotatable bonds is 3. The zero-order chi connectivity index (χ0) is 11.0. The first-order chi connectivity index (χ1) is 7.08. The van der Waals surface area contributed by atoms with Crippen molar-refractivity contribution in [2.75, 3.05) is 24.2 Å². The first kappa shape index (κ1) is 10.3. The van der Waals surface area contributed by atoms with Gasteiger partial charge in [-0.25, -0.2) is 0 Å². The third-order valence-electron chi connectivity index (χ3n) is 3.43. The molecule has 2 unspecified atom stereocenters. The van der Waals surface area contributed by atoms with Gasteiger partial charge in [-0.3, -0.25) is 0 Å². The number of nitrogens with two attached hydrogens (primary N) is 1. The van der Waals surface area contributed by atoms with Gasteiger partial charge in [-0.2, -0.15) is 0 Å². The quantitative estimate of drug-likeness (QED) is 0.767. The second-order valence-electron chi connectivity index (χ2n) is 4.90. The fourth-order valence-electron chi connectivity index (χ4n) is 2.14. The van der Waals surface area contributed by atoms with Crippen molar-refractivity contribution in [3.63, 3.8) is 0 Å². The molecule has 1 aliphatic carbocycles. The molecule has 0 aliphatic heterocycles. The van der Waals surface area contributed by atoms with Crippen LogP contribution < -0.4 is 10.6 Å². The number of anilines is 2. The molecule has 2 N–H and O–H groups in total. The highest BCUT2D eigenvalue weighted by Crippen LogP contribution is 2.39. The Balaban J connectivity index is 2.10. The summed E-state index contributed by atoms with van der Waals surface area (Å²) >= 11 is 0. The van der Waals surface area contributed by atoms with E-state index in [2.05, 4.69) is 37.9 Å². The molecular weight excluding hydrogens is 184 g/mol. The molecule has 0 amide bonds. The van der Waals surface area contributed by atoms with Crippen molar-refractivity contribution in [3.05, 3.63) is 23.8 Å². The van der Waals surface area contributed by atoms with Crippen molar-refractivity contribution in [2.45, 2.75) is 20.3 Å². The molecule has 2 rings (SSSR count). The standard InChI is InChI=1S/C13H20N2/c1-9-4-5-12(14)7-13(9)15(3)8-11-6-10(11)2/h4-5,7,10-11H,6,8,14H2,1-3H3. The lowest BCUT2D eigenvalue weighted by Gasteiger charge is -2.21. The van der Waals surface area contributed by atoms with E-state index in [0.29, 0.717) is 0 Å². The van der Waals surface area contributed by atoms with Crippen molar-refractivity contribution in [1.82, 2.24) is 0 Å². The van der Waals surface area contributed by atoms with Crippen LogP contribution in [0, 0.1) is 18.8 Å². The predicted molar refractivity (Wildman–Crippen MR) is 66.1 cm³/mol. The number of hydrogen-bond donors (Lipinski definition) is 1. The minimum Gasteiger partial charge on any atom is -0.399 e. The van der Waals surface area contributed by atoms with E-state index in [1.807, 2.05) is 6.07 Å². The van der Waals surface area contributed by atoms with Gasteiger partial charge in [0, 0.05) is 25.0 Å². The van der Waals surface area contributed by atoms with Crippen LogP contribution in [0.3, 0.4) is 0 Å². The molecule has 1 aromatic rings. The van der Waals surface area contributed by atoms with Crippen LogP contribution in [0.15, 0.2) is 18.2 Å². The first-order valence-corrected chi connectivity index (χ1v) is 5.65. The molecule has 1 saturated carbocycles. The van der Waals surface area contributed by atoms with Gasteiger partial charge in [0.15, 0.2) is 0 Å². The van der Waals surface area contributed by atoms with Crippen LogP contribution in [0.4, 0.5) is 11.4 Å². The van der Waals surface area contributed by atoms with Crippen LogP contribution >= 0.6 is 0 Å². The van der Waals surface area contributed by atoms with Crippen LogP contribution in [0.1, 0.15) is 18.9 Å². The summed E-state index contributed by atoms with van der Waals surface area (Å²) in [7, 11) is 2.16. The van der Waals surface area contributed by atoms with Gasteiger partial charge in [-0.1, -0.05) is 13.0 Å². The van der Waals surface area contributed by atoms with Gasteiger partial charge in [-0.05, 0) is 42.9 Å². The number of nitrogens with zero attached hydrogens (tertiary/aromatic N) is 1. The van der Waals surface area contributed by atoms with E-state index < -0.39 is 0 Å². The van der Waals surface area contributed by atoms with Crippen LogP contribution in [0.2, 0.25) is 0 Å². The van der Waals surface area contributed by atoms with Crippen molar-refractivity contribution >= 4 is 11.4 Å². The maximum Gasteiger partial charge on any atom is 0.0414 e. The highest BCUT2D eigenvalue weighted by atomic mass is 15.1. The van der Waals surface area contributed by atoms with E-state index >= 15 is 0 Å². The van der Waals surface area contributed by atoms with Gasteiger partial charge >= 0.3 is 0 Å². The molecule has 1 aromatic carbocycles. The highest BCUT2D eigenvalue weighted by molar-refractivity contribution is 5.60. The maximum absolute atomic E-state index is 5.81. The van der Waals surface area contributed by atoms with E-state index in [0.717, 1.165) is 24.1 Å². The van der Waals surface area contributed by atoms with Crippen LogP contribution in [-0.4, -0.2) is 13.6 Å². The van der Waals surface area contributed by atoms with Gasteiger partial charge in [-0.15, -0.1) is 0 Å². The smallest absolute Gasteiger partial charge is 0.0414 e. The Bertz CT molecular complexity index is 360. The minimum atomic E-state index is 0.853. The first-order valence-electron chi connectivity index (χ1n) is 5.65. The van der Waals surface area contributed by atoms with Gasteiger partial charge in [0.2, 0.25) is 0 Å². The molecule has 2 nitrogen and oxygen atoms in total. The highest BCUT2D eigenvalue weighted by Gasteiger charge is 2.33. The summed E-state index contributed by atoms with van der Waals surface area (Å²) in [4.78, 5) is 2.33. The van der Waals surface area contributed by atoms with E-state index in [1.165, 1.54) is 17.7 Å². The zero-order valence-electron chi connectivity index (χ0n) is 9.83. The van der Waals surface area contributed by atoms with Crippen LogP contribution in [0.5, 0.6) is 0 Å². The molecule has 1 fully saturated rings. The number of hydrogen-bond acceptors (Lipinski definition) is 2. The Hall–Kier alpha value is -1.18. The normalized spacial score (nSPS) is 23.9. The summed E-state index contributed by atoms with van der Waals surface area (Å²) in [5, 5.41) is 0. The molecule has 2 atom stereocenters. The summed E-state index contributed by atoms with van der Waals surface area (Å²) in [6, 6.07) is 6.13. The molecule has 0 spiro atoms. The summed E-state index contributed by atoms with van der Waals surface area (Å²) in [6.07, 6.45) is 1.38. The number of aryl methyl sites for hydroxylation is 1. The Morgan fingerprint density at radius 3 is 2.73 bits per heavy atom. The minimum absolute atomic E-state index is 0.853. The van der Waals surface area contributed by atoms with E-state index in [-0.39, 0.29) is 0 Å². The van der Waals surface area contributed by atoms with E-state index in [4.69, 9.17) is 5.73 Å². The Morgan fingerprint density at radius 2 is 2.13 bits per heavy atom. The van der Waals surface area contributed by atoms with Crippen molar-refractivity contribution < 1.29 is 0 Å². The monoisotopic (exact) mass is 204 g/mol. The number of nitrogen functional groups attached to an aromatic ring is 1. The van der Waals surface area contributed by atoms with Gasteiger partial charge < -0.3 is 10.6 Å². The van der Waals surface area contributed by atoms with Crippen LogP contribution in [0.25, 0.3) is 0 Å². The summed E-state index contributed by atoms with van der Waals surface area (Å²) < 4.78 is 0. The van der Waals surface area contributed by atoms with Crippen molar-refractivity contribution in [3.8, 4) is 0 Å². The molecule has 0 radical (unpaired) electrons. The van der Waals surface area contributed by atoms with E-state index in [9.17, 15) is 0 Å². The fourth-order valence-corrected chi connectivity index (χ4v) is 2.14. The second-order valence-corrected chi connectivity index (χ2v) is 4.90. The van der Waals surface area contributed by atoms with Crippen molar-refractivity contribution in [1.29, 1.82) is 0 Å². The molecule has 2 heteroatoms. The Morgan fingerprint density at radius 1 is 1.47 bits per heavy atom. The molecule has 0 saturated heterocycles. The summed E-state index contributed by atoms with van der Waals surface area (Å²) in [5.74, 6) is 1.80. The lowest BCUT2D eigenvalue weighted by Crippen LogP contribution is -2.21. The van der Waals surface area contributed by atoms with Gasteiger partial charge in [0.25, 0.3) is 0 Å². The molecule has 0 heterocycles. The average Bonchev–Trinajstić information content (AvgIpc) is 2.86. The third kappa shape index (κ3) is 2.25. The second kappa shape index (κ2) is 3.76. The molecule has 0 aromatic heterocycles. The molecule has 82 valence electrons. The fraction of sp³-hybridized carbons (Fsp3) is 0.538. The third-order valence-corrected chi connectivity index (χ3v) is 3.43. The Kier molecular flexibility index (Phi) is 2.59. The topological polar surface area (TPSA) is 29.3 Å². The predicted octanol–water partition coefficient (Wildman–Crippen LogP) is 2.67. The van der Waals surface area contributed by atoms with E-state index in [1.54, 1.807) is 0 Å². The summed E-state index contributed by atoms with van der Waals surface area (Å²) in [5.41, 5.74) is 9.24. The largest absolute Gasteiger partial charge is 0.399 e. The molecule has 0 bridgehead atoms. The zero-order valence-corrected chi connectivity index (χ0v) is 9.83. The lowest BCUT2D eigenvalue weighted by molar-refractivity contribution is 0.724. The lowest BCUT2D eigenvalue weighted by atomic mass is 10.1. The van der Waals surface area contributed by atoms with Crippen molar-refractivity contribution in [2.24, 2.45) is 11.8 Å². The van der Waals surface area contributed by atoms with Crippen LogP contribution in [-0.2, 0) is 0 Å². The molecule has 1 aliphatic rings. The summed E-state index contributed by atoms with van der Waals surface area (Å²) in [6.45, 7) is 5.62. The Labute approximate surface area is 92.1 Å². The van der Waals surface area contributed by atoms with Gasteiger partial charge in [0.05, 0.1) is 0 Å². The number of benzene rings is 1. The van der Waals surface area contributed by atoms with Gasteiger partial charge in [0.1, 0.15) is 0 Å². The molecular formula is C13H20N2. The SMILES string of the molecule is Cc1ccc(N)cc1N(C)CC1CC1C. The molecule has 15 heavy (non-hydrogen) atoms. The average molecular weight is 204 g/mol. The maximum atomic E-state index is 5.81.